The Kier molecular flexibility index (Phi) is 11.2. The molecule has 4 amide bonds. The van der Waals surface area contributed by atoms with Gasteiger partial charge in [0.05, 0.1) is 12.0 Å². The van der Waals surface area contributed by atoms with Crippen molar-refractivity contribution >= 4 is 35.0 Å². The molecule has 0 aliphatic carbocycles. The van der Waals surface area contributed by atoms with Crippen LogP contribution in [0.5, 0.6) is 0 Å². The molecule has 46 heavy (non-hydrogen) atoms. The van der Waals surface area contributed by atoms with Gasteiger partial charge in [-0.25, -0.2) is 9.97 Å². The van der Waals surface area contributed by atoms with Crippen molar-refractivity contribution in [2.45, 2.75) is 65.0 Å². The van der Waals surface area contributed by atoms with Crippen LogP contribution < -0.4 is 21.3 Å². The molecule has 2 aromatic heterocycles. The molecular formula is C33H43N7O5S. The average molecular weight is 650 g/mol. The lowest BCUT2D eigenvalue weighted by atomic mass is 9.98. The highest BCUT2D eigenvalue weighted by molar-refractivity contribution is 7.09. The van der Waals surface area contributed by atoms with Crippen LogP contribution in [0.3, 0.4) is 0 Å². The van der Waals surface area contributed by atoms with Crippen molar-refractivity contribution in [1.82, 2.24) is 36.1 Å². The molecule has 0 radical (unpaired) electrons. The molecule has 1 unspecified atom stereocenters. The summed E-state index contributed by atoms with van der Waals surface area (Å²) in [5.41, 5.74) is 1.36. The Morgan fingerprint density at radius 1 is 1.04 bits per heavy atom. The van der Waals surface area contributed by atoms with Gasteiger partial charge in [0, 0.05) is 44.4 Å². The first kappa shape index (κ1) is 33.3. The number of aryl methyl sites for hydroxylation is 1. The zero-order chi connectivity index (χ0) is 32.6. The summed E-state index contributed by atoms with van der Waals surface area (Å²) < 4.78 is 6.01. The molecule has 3 aromatic rings. The second kappa shape index (κ2) is 15.5. The number of amides is 4. The fraction of sp³-hybridized carbons (Fsp3) is 0.515. The molecule has 1 aromatic carbocycles. The van der Waals surface area contributed by atoms with E-state index in [1.54, 1.807) is 17.2 Å². The summed E-state index contributed by atoms with van der Waals surface area (Å²) in [5, 5.41) is 14.6. The first-order valence-electron chi connectivity index (χ1n) is 16.0. The Balaban J connectivity index is 1.43. The number of hydrogen-bond acceptors (Lipinski definition) is 9. The first-order chi connectivity index (χ1) is 22.2. The lowest BCUT2D eigenvalue weighted by Gasteiger charge is -2.30. The maximum absolute atomic E-state index is 13.5. The van der Waals surface area contributed by atoms with Gasteiger partial charge in [0.2, 0.25) is 17.7 Å². The number of rotatable bonds is 4. The van der Waals surface area contributed by atoms with Crippen LogP contribution in [0.15, 0.2) is 40.1 Å². The maximum atomic E-state index is 13.5. The summed E-state index contributed by atoms with van der Waals surface area (Å²) in [6, 6.07) is 8.62. The Bertz CT molecular complexity index is 1520. The van der Waals surface area contributed by atoms with Gasteiger partial charge in [0.15, 0.2) is 5.69 Å². The van der Waals surface area contributed by atoms with Crippen molar-refractivity contribution in [1.29, 1.82) is 0 Å². The normalized spacial score (nSPS) is 22.1. The van der Waals surface area contributed by atoms with Crippen LogP contribution in [0.4, 0.5) is 0 Å². The third-order valence-corrected chi connectivity index (χ3v) is 9.30. The van der Waals surface area contributed by atoms with Crippen LogP contribution in [-0.2, 0) is 16.0 Å². The van der Waals surface area contributed by atoms with E-state index in [0.717, 1.165) is 24.9 Å². The van der Waals surface area contributed by atoms with Gasteiger partial charge in [-0.2, -0.15) is 0 Å². The number of aromatic nitrogens is 2. The largest absolute Gasteiger partial charge is 0.443 e. The van der Waals surface area contributed by atoms with E-state index in [0.29, 0.717) is 43.2 Å². The van der Waals surface area contributed by atoms with Gasteiger partial charge in [-0.05, 0) is 44.2 Å². The fourth-order valence-electron chi connectivity index (χ4n) is 5.83. The van der Waals surface area contributed by atoms with E-state index in [9.17, 15) is 19.2 Å². The third kappa shape index (κ3) is 8.38. The molecule has 0 spiro atoms. The van der Waals surface area contributed by atoms with Gasteiger partial charge in [-0.1, -0.05) is 44.2 Å². The van der Waals surface area contributed by atoms with Gasteiger partial charge in [-0.15, -0.1) is 11.3 Å². The maximum Gasteiger partial charge on any atom is 0.274 e. The van der Waals surface area contributed by atoms with E-state index < -0.39 is 18.0 Å². The minimum atomic E-state index is -0.607. The summed E-state index contributed by atoms with van der Waals surface area (Å²) in [6.45, 7) is 8.06. The summed E-state index contributed by atoms with van der Waals surface area (Å²) in [5.74, 6) is -0.553. The predicted octanol–water partition coefficient (Wildman–Crippen LogP) is 3.32. The van der Waals surface area contributed by atoms with Crippen molar-refractivity contribution in [2.24, 2.45) is 11.8 Å². The summed E-state index contributed by atoms with van der Waals surface area (Å²) in [7, 11) is 0. The summed E-state index contributed by atoms with van der Waals surface area (Å²) >= 11 is 1.30. The lowest BCUT2D eigenvalue weighted by molar-refractivity contribution is -0.136. The number of oxazole rings is 1. The minimum absolute atomic E-state index is 0.0280. The van der Waals surface area contributed by atoms with Gasteiger partial charge in [0.1, 0.15) is 22.5 Å². The number of hydrogen-bond donors (Lipinski definition) is 4. The summed E-state index contributed by atoms with van der Waals surface area (Å²) in [4.78, 5) is 64.2. The second-order valence-electron chi connectivity index (χ2n) is 12.3. The zero-order valence-corrected chi connectivity index (χ0v) is 27.5. The topological polar surface area (TPSA) is 159 Å². The summed E-state index contributed by atoms with van der Waals surface area (Å²) in [6.07, 6.45) is 2.77. The van der Waals surface area contributed by atoms with Crippen LogP contribution in [0.25, 0.3) is 0 Å². The smallest absolute Gasteiger partial charge is 0.274 e. The van der Waals surface area contributed by atoms with E-state index >= 15 is 0 Å². The van der Waals surface area contributed by atoms with Crippen molar-refractivity contribution in [3.63, 3.8) is 0 Å². The Labute approximate surface area is 273 Å². The number of piperidine rings is 1. The van der Waals surface area contributed by atoms with E-state index in [-0.39, 0.29) is 59.8 Å². The highest BCUT2D eigenvalue weighted by Gasteiger charge is 2.30. The van der Waals surface area contributed by atoms with Gasteiger partial charge in [-0.3, -0.25) is 19.2 Å². The Morgan fingerprint density at radius 2 is 1.85 bits per heavy atom. The predicted molar refractivity (Wildman–Crippen MR) is 173 cm³/mol. The molecule has 13 heteroatoms. The zero-order valence-electron chi connectivity index (χ0n) is 26.6. The third-order valence-electron chi connectivity index (χ3n) is 8.38. The van der Waals surface area contributed by atoms with E-state index in [2.05, 4.69) is 31.2 Å². The lowest BCUT2D eigenvalue weighted by Crippen LogP contribution is -2.46. The van der Waals surface area contributed by atoms with Crippen molar-refractivity contribution in [3.8, 4) is 0 Å². The molecule has 4 N–H and O–H groups in total. The average Bonchev–Trinajstić information content (AvgIpc) is 3.70. The quantitative estimate of drug-likeness (QED) is 0.335. The van der Waals surface area contributed by atoms with Gasteiger partial charge in [0.25, 0.3) is 11.8 Å². The van der Waals surface area contributed by atoms with Crippen molar-refractivity contribution in [2.75, 3.05) is 32.7 Å². The molecule has 246 valence electrons. The van der Waals surface area contributed by atoms with Crippen LogP contribution in [0.2, 0.25) is 0 Å². The van der Waals surface area contributed by atoms with E-state index in [4.69, 9.17) is 4.42 Å². The van der Waals surface area contributed by atoms with Crippen LogP contribution in [0.1, 0.15) is 94.8 Å². The molecule has 4 heterocycles. The SMILES string of the molecule is Cc1oc2nc1C(=O)NC(C(C)C)c1nc(cs1)C(=O)NCCN(C(=O)[C@@H]1CCCNC1)CCCC(=O)N[C@H]2Cc1ccccc1. The number of benzene rings is 1. The highest BCUT2D eigenvalue weighted by Crippen LogP contribution is 2.27. The van der Waals surface area contributed by atoms with Gasteiger partial charge >= 0.3 is 0 Å². The second-order valence-corrected chi connectivity index (χ2v) is 13.2. The number of carbonyl (C=O) groups is 4. The highest BCUT2D eigenvalue weighted by atomic mass is 32.1. The number of nitrogens with one attached hydrogen (secondary N) is 4. The van der Waals surface area contributed by atoms with Crippen molar-refractivity contribution < 1.29 is 23.6 Å². The Hall–Kier alpha value is -4.10. The molecule has 3 atom stereocenters. The molecule has 1 fully saturated rings. The molecule has 1 saturated heterocycles. The number of fused-ring (bicyclic) bond motifs is 4. The molecule has 4 bridgehead atoms. The molecule has 2 aliphatic rings. The number of nitrogens with zero attached hydrogens (tertiary/aromatic N) is 3. The molecular weight excluding hydrogens is 606 g/mol. The molecule has 2 aliphatic heterocycles. The van der Waals surface area contributed by atoms with Crippen LogP contribution in [0, 0.1) is 18.8 Å². The monoisotopic (exact) mass is 649 g/mol. The molecule has 0 saturated carbocycles. The van der Waals surface area contributed by atoms with E-state index in [1.807, 2.05) is 44.2 Å². The van der Waals surface area contributed by atoms with Crippen LogP contribution in [-0.4, -0.2) is 71.2 Å². The molecule has 5 rings (SSSR count). The van der Waals surface area contributed by atoms with Crippen LogP contribution >= 0.6 is 11.3 Å². The standard InChI is InChI=1S/C33H43N7O5S/c1-20(2)27-32-37-25(19-46-32)29(42)35-14-16-40(33(44)23-11-7-13-34-18-23)15-8-12-26(41)36-24(17-22-9-5-4-6-10-22)31-39-28(21(3)45-31)30(43)38-27/h4-6,9-10,19-20,23-24,27,34H,7-8,11-18H2,1-3H3,(H,35,42)(H,36,41)(H,38,43)/t23-,24+,27?/m1/s1. The fourth-order valence-corrected chi connectivity index (χ4v) is 6.85. The van der Waals surface area contributed by atoms with E-state index in [1.165, 1.54) is 11.3 Å². The Morgan fingerprint density at radius 3 is 2.59 bits per heavy atom. The van der Waals surface area contributed by atoms with Crippen molar-refractivity contribution in [3.05, 3.63) is 69.3 Å². The first-order valence-corrected chi connectivity index (χ1v) is 16.9. The number of thiazole rings is 1. The number of carbonyl (C=O) groups excluding carboxylic acids is 4. The van der Waals surface area contributed by atoms with Gasteiger partial charge < -0.3 is 30.6 Å². The minimum Gasteiger partial charge on any atom is -0.443 e. The molecule has 12 nitrogen and oxygen atoms in total.